The molecule has 5 nitrogen and oxygen atoms in total. The van der Waals surface area contributed by atoms with Crippen molar-refractivity contribution in [3.63, 3.8) is 0 Å². The molecule has 1 N–H and O–H groups in total. The highest BCUT2D eigenvalue weighted by molar-refractivity contribution is 5.87. The first-order valence-electron chi connectivity index (χ1n) is 4.49. The molecule has 3 rings (SSSR count). The number of nitrogens with one attached hydrogen (secondary N) is 1. The molecule has 15 heavy (non-hydrogen) atoms. The fourth-order valence-corrected chi connectivity index (χ4v) is 1.49. The van der Waals surface area contributed by atoms with Gasteiger partial charge in [-0.05, 0) is 6.07 Å². The molecule has 0 aliphatic carbocycles. The van der Waals surface area contributed by atoms with Gasteiger partial charge in [-0.1, -0.05) is 0 Å². The van der Waals surface area contributed by atoms with Gasteiger partial charge in [-0.3, -0.25) is 9.97 Å². The molecule has 0 unspecified atom stereocenters. The molecule has 0 spiro atoms. The Kier molecular flexibility index (Phi) is 1.68. The minimum Gasteiger partial charge on any atom is -0.358 e. The average molecular weight is 197 g/mol. The highest BCUT2D eigenvalue weighted by Crippen LogP contribution is 2.20. The summed E-state index contributed by atoms with van der Waals surface area (Å²) in [5.74, 6) is 0. The summed E-state index contributed by atoms with van der Waals surface area (Å²) in [5, 5.41) is 0. The van der Waals surface area contributed by atoms with Crippen LogP contribution in [0.2, 0.25) is 0 Å². The Morgan fingerprint density at radius 1 is 1.07 bits per heavy atom. The van der Waals surface area contributed by atoms with Gasteiger partial charge >= 0.3 is 0 Å². The van der Waals surface area contributed by atoms with E-state index in [1.165, 1.54) is 6.33 Å². The summed E-state index contributed by atoms with van der Waals surface area (Å²) in [6.45, 7) is 0. The molecule has 5 heteroatoms. The minimum absolute atomic E-state index is 0.743. The van der Waals surface area contributed by atoms with E-state index < -0.39 is 0 Å². The second kappa shape index (κ2) is 3.13. The van der Waals surface area contributed by atoms with Gasteiger partial charge in [-0.2, -0.15) is 0 Å². The largest absolute Gasteiger partial charge is 0.358 e. The Hall–Kier alpha value is -2.30. The molecule has 0 aromatic carbocycles. The van der Waals surface area contributed by atoms with Crippen molar-refractivity contribution in [1.29, 1.82) is 0 Å². The number of H-pyrrole nitrogens is 1. The summed E-state index contributed by atoms with van der Waals surface area (Å²) in [6.07, 6.45) is 8.32. The number of nitrogens with zero attached hydrogens (tertiary/aromatic N) is 4. The molecule has 3 aromatic heterocycles. The van der Waals surface area contributed by atoms with Crippen LogP contribution in [0.4, 0.5) is 0 Å². The third-order valence-corrected chi connectivity index (χ3v) is 2.15. The summed E-state index contributed by atoms with van der Waals surface area (Å²) < 4.78 is 0. The van der Waals surface area contributed by atoms with Crippen molar-refractivity contribution >= 4 is 11.0 Å². The van der Waals surface area contributed by atoms with Crippen LogP contribution in [0, 0.1) is 0 Å². The minimum atomic E-state index is 0.743. The van der Waals surface area contributed by atoms with Crippen LogP contribution in [-0.4, -0.2) is 24.9 Å². The van der Waals surface area contributed by atoms with E-state index in [1.807, 2.05) is 12.3 Å². The van der Waals surface area contributed by atoms with Crippen molar-refractivity contribution in [1.82, 2.24) is 24.9 Å². The predicted molar refractivity (Wildman–Crippen MR) is 54.9 cm³/mol. The smallest absolute Gasteiger partial charge is 0.118 e. The van der Waals surface area contributed by atoms with Crippen LogP contribution in [0.3, 0.4) is 0 Å². The molecular weight excluding hydrogens is 190 g/mol. The van der Waals surface area contributed by atoms with E-state index in [9.17, 15) is 0 Å². The van der Waals surface area contributed by atoms with Gasteiger partial charge in [0.15, 0.2) is 0 Å². The van der Waals surface area contributed by atoms with E-state index in [0.717, 1.165) is 22.4 Å². The van der Waals surface area contributed by atoms with Crippen LogP contribution in [0.25, 0.3) is 22.4 Å². The number of hydrogen-bond acceptors (Lipinski definition) is 4. The zero-order valence-corrected chi connectivity index (χ0v) is 7.75. The lowest BCUT2D eigenvalue weighted by Gasteiger charge is -1.99. The van der Waals surface area contributed by atoms with Crippen molar-refractivity contribution < 1.29 is 0 Å². The SMILES string of the molecule is c1cnc(-c2ncnc3cc[nH]c23)cn1. The number of rotatable bonds is 1. The lowest BCUT2D eigenvalue weighted by Crippen LogP contribution is -1.90. The van der Waals surface area contributed by atoms with E-state index in [0.29, 0.717) is 0 Å². The number of hydrogen-bond donors (Lipinski definition) is 1. The van der Waals surface area contributed by atoms with Gasteiger partial charge in [0.05, 0.1) is 17.2 Å². The molecule has 3 aromatic rings. The van der Waals surface area contributed by atoms with Crippen LogP contribution in [0.15, 0.2) is 37.2 Å². The summed E-state index contributed by atoms with van der Waals surface area (Å²) in [4.78, 5) is 19.7. The average Bonchev–Trinajstić information content (AvgIpc) is 2.78. The molecule has 0 atom stereocenters. The van der Waals surface area contributed by atoms with E-state index in [2.05, 4.69) is 24.9 Å². The van der Waals surface area contributed by atoms with Crippen LogP contribution >= 0.6 is 0 Å². The molecule has 3 heterocycles. The maximum absolute atomic E-state index is 4.21. The highest BCUT2D eigenvalue weighted by atomic mass is 14.9. The Bertz CT molecular complexity index is 587. The van der Waals surface area contributed by atoms with E-state index in [4.69, 9.17) is 0 Å². The third-order valence-electron chi connectivity index (χ3n) is 2.15. The molecule has 0 aliphatic heterocycles. The molecular formula is C10H7N5. The number of aromatic amines is 1. The van der Waals surface area contributed by atoms with Crippen molar-refractivity contribution in [2.24, 2.45) is 0 Å². The molecule has 0 saturated carbocycles. The van der Waals surface area contributed by atoms with Gasteiger partial charge < -0.3 is 4.98 Å². The summed E-state index contributed by atoms with van der Waals surface area (Å²) in [6, 6.07) is 1.90. The molecule has 0 aliphatic rings. The zero-order chi connectivity index (χ0) is 10.1. The molecule has 0 bridgehead atoms. The highest BCUT2D eigenvalue weighted by Gasteiger charge is 2.07. The Morgan fingerprint density at radius 3 is 2.93 bits per heavy atom. The van der Waals surface area contributed by atoms with E-state index in [1.54, 1.807) is 18.6 Å². The summed E-state index contributed by atoms with van der Waals surface area (Å²) >= 11 is 0. The van der Waals surface area contributed by atoms with Crippen molar-refractivity contribution in [3.8, 4) is 11.4 Å². The normalized spacial score (nSPS) is 10.7. The summed E-state index contributed by atoms with van der Waals surface area (Å²) in [7, 11) is 0. The first-order chi connectivity index (χ1) is 7.45. The van der Waals surface area contributed by atoms with Gasteiger partial charge in [0.2, 0.25) is 0 Å². The number of fused-ring (bicyclic) bond motifs is 1. The standard InChI is InChI=1S/C10H7N5/c1-2-13-9-7(1)14-6-15-10(9)8-5-11-3-4-12-8/h1-6,13H. The van der Waals surface area contributed by atoms with Gasteiger partial charge in [0.1, 0.15) is 17.7 Å². The topological polar surface area (TPSA) is 67.3 Å². The first-order valence-corrected chi connectivity index (χ1v) is 4.49. The van der Waals surface area contributed by atoms with Gasteiger partial charge in [-0.25, -0.2) is 9.97 Å². The number of aromatic nitrogens is 5. The molecule has 0 radical (unpaired) electrons. The van der Waals surface area contributed by atoms with Crippen molar-refractivity contribution in [2.75, 3.05) is 0 Å². The maximum Gasteiger partial charge on any atom is 0.118 e. The van der Waals surface area contributed by atoms with Crippen LogP contribution < -0.4 is 0 Å². The van der Waals surface area contributed by atoms with Crippen LogP contribution in [0.1, 0.15) is 0 Å². The summed E-state index contributed by atoms with van der Waals surface area (Å²) in [5.41, 5.74) is 3.29. The Morgan fingerprint density at radius 2 is 2.07 bits per heavy atom. The van der Waals surface area contributed by atoms with Gasteiger partial charge in [-0.15, -0.1) is 0 Å². The molecule has 0 saturated heterocycles. The first kappa shape index (κ1) is 8.05. The lowest BCUT2D eigenvalue weighted by atomic mass is 10.2. The van der Waals surface area contributed by atoms with Crippen LogP contribution in [-0.2, 0) is 0 Å². The molecule has 0 amide bonds. The fraction of sp³-hybridized carbons (Fsp3) is 0. The third kappa shape index (κ3) is 1.25. The fourth-order valence-electron chi connectivity index (χ4n) is 1.49. The van der Waals surface area contributed by atoms with E-state index >= 15 is 0 Å². The molecule has 72 valence electrons. The molecule has 0 fully saturated rings. The lowest BCUT2D eigenvalue weighted by molar-refractivity contribution is 1.15. The van der Waals surface area contributed by atoms with Crippen molar-refractivity contribution in [2.45, 2.75) is 0 Å². The second-order valence-electron chi connectivity index (χ2n) is 3.05. The van der Waals surface area contributed by atoms with Gasteiger partial charge in [0, 0.05) is 18.6 Å². The van der Waals surface area contributed by atoms with Crippen LogP contribution in [0.5, 0.6) is 0 Å². The predicted octanol–water partition coefficient (Wildman–Crippen LogP) is 1.41. The monoisotopic (exact) mass is 197 g/mol. The van der Waals surface area contributed by atoms with Crippen molar-refractivity contribution in [3.05, 3.63) is 37.2 Å². The Balaban J connectivity index is 2.31. The maximum atomic E-state index is 4.21. The second-order valence-corrected chi connectivity index (χ2v) is 3.05. The van der Waals surface area contributed by atoms with E-state index in [-0.39, 0.29) is 0 Å². The zero-order valence-electron chi connectivity index (χ0n) is 7.75. The quantitative estimate of drug-likeness (QED) is 0.640. The van der Waals surface area contributed by atoms with Gasteiger partial charge in [0.25, 0.3) is 0 Å². The Labute approximate surface area is 85.3 Å².